The zero-order chi connectivity index (χ0) is 14.1. The van der Waals surface area contributed by atoms with E-state index in [0.29, 0.717) is 0 Å². The van der Waals surface area contributed by atoms with Crippen molar-refractivity contribution in [3.8, 4) is 0 Å². The van der Waals surface area contributed by atoms with Gasteiger partial charge in [0.05, 0.1) is 18.2 Å². The van der Waals surface area contributed by atoms with E-state index in [2.05, 4.69) is 17.9 Å². The molecule has 2 heterocycles. The summed E-state index contributed by atoms with van der Waals surface area (Å²) < 4.78 is 6.66. The number of benzene rings is 1. The number of fused-ring (bicyclic) bond motifs is 1. The Kier molecular flexibility index (Phi) is 4.26. The molecule has 0 N–H and O–H groups in total. The third kappa shape index (κ3) is 2.84. The molecule has 0 unspecified atom stereocenters. The number of ether oxygens (including phenoxy) is 1. The van der Waals surface area contributed by atoms with Gasteiger partial charge in [-0.05, 0) is 36.1 Å². The molecule has 1 saturated heterocycles. The van der Waals surface area contributed by atoms with Gasteiger partial charge in [-0.25, -0.2) is 0 Å². The average molecular weight is 326 g/mol. The van der Waals surface area contributed by atoms with Crippen molar-refractivity contribution in [1.29, 1.82) is 0 Å². The van der Waals surface area contributed by atoms with Crippen LogP contribution in [0.15, 0.2) is 18.2 Å². The van der Waals surface area contributed by atoms with Crippen LogP contribution in [0.1, 0.15) is 10.4 Å². The Hall–Kier alpha value is -0.680. The first-order valence-electron chi connectivity index (χ1n) is 6.68. The van der Waals surface area contributed by atoms with E-state index in [1.807, 2.05) is 23.5 Å². The Morgan fingerprint density at radius 1 is 1.40 bits per heavy atom. The average Bonchev–Trinajstić information content (AvgIpc) is 2.76. The second-order valence-corrected chi connectivity index (χ2v) is 7.01. The molecule has 106 valence electrons. The molecule has 0 amide bonds. The van der Waals surface area contributed by atoms with Gasteiger partial charge in [-0.1, -0.05) is 23.8 Å². The Balaban J connectivity index is 1.83. The van der Waals surface area contributed by atoms with E-state index in [4.69, 9.17) is 28.6 Å². The zero-order valence-electron chi connectivity index (χ0n) is 11.3. The summed E-state index contributed by atoms with van der Waals surface area (Å²) in [6.07, 6.45) is 0.845. The van der Waals surface area contributed by atoms with Crippen molar-refractivity contribution in [3.63, 3.8) is 0 Å². The first kappa shape index (κ1) is 14.3. The number of rotatable bonds is 2. The number of morpholine rings is 1. The van der Waals surface area contributed by atoms with Gasteiger partial charge in [0.2, 0.25) is 0 Å². The molecule has 0 radical (unpaired) electrons. The number of hydrogen-bond donors (Lipinski definition) is 0. The highest BCUT2D eigenvalue weighted by molar-refractivity contribution is 7.80. The maximum Gasteiger partial charge on any atom is 0.0833 e. The molecule has 0 spiro atoms. The summed E-state index contributed by atoms with van der Waals surface area (Å²) in [5, 5.41) is 2.04. The first-order chi connectivity index (χ1) is 9.65. The molecule has 2 nitrogen and oxygen atoms in total. The van der Waals surface area contributed by atoms with Crippen LogP contribution in [0.5, 0.6) is 0 Å². The minimum Gasteiger partial charge on any atom is -0.378 e. The molecule has 0 atom stereocenters. The van der Waals surface area contributed by atoms with Crippen molar-refractivity contribution < 1.29 is 4.74 Å². The molecule has 2 aromatic rings. The molecular weight excluding hydrogens is 310 g/mol. The van der Waals surface area contributed by atoms with Crippen molar-refractivity contribution in [2.45, 2.75) is 13.3 Å². The summed E-state index contributed by atoms with van der Waals surface area (Å²) in [6.45, 7) is 5.54. The molecule has 20 heavy (non-hydrogen) atoms. The summed E-state index contributed by atoms with van der Waals surface area (Å²) in [6, 6.07) is 6.09. The summed E-state index contributed by atoms with van der Waals surface area (Å²) in [4.78, 5) is 4.63. The molecule has 1 fully saturated rings. The third-order valence-corrected chi connectivity index (χ3v) is 5.58. The Morgan fingerprint density at radius 2 is 2.15 bits per heavy atom. The van der Waals surface area contributed by atoms with Gasteiger partial charge in [0.25, 0.3) is 0 Å². The normalized spacial score (nSPS) is 15.8. The van der Waals surface area contributed by atoms with Crippen LogP contribution in [0.4, 0.5) is 0 Å². The maximum absolute atomic E-state index is 6.08. The second-order valence-electron chi connectivity index (χ2n) is 4.96. The number of aryl methyl sites for hydroxylation is 1. The predicted molar refractivity (Wildman–Crippen MR) is 90.3 cm³/mol. The Morgan fingerprint density at radius 3 is 2.90 bits per heavy atom. The number of nitrogens with zero attached hydrogens (tertiary/aromatic N) is 1. The number of thiocarbonyl (C=S) groups is 1. The van der Waals surface area contributed by atoms with E-state index >= 15 is 0 Å². The summed E-state index contributed by atoms with van der Waals surface area (Å²) in [5.74, 6) is 0. The molecule has 0 aliphatic carbocycles. The maximum atomic E-state index is 6.08. The quantitative estimate of drug-likeness (QED) is 0.772. The Labute approximate surface area is 133 Å². The van der Waals surface area contributed by atoms with Gasteiger partial charge < -0.3 is 9.64 Å². The molecule has 3 rings (SSSR count). The van der Waals surface area contributed by atoms with Gasteiger partial charge in [-0.15, -0.1) is 11.3 Å². The summed E-state index contributed by atoms with van der Waals surface area (Å²) in [5.41, 5.74) is 1.31. The lowest BCUT2D eigenvalue weighted by Crippen LogP contribution is -2.40. The second kappa shape index (κ2) is 5.98. The fourth-order valence-corrected chi connectivity index (χ4v) is 4.26. The van der Waals surface area contributed by atoms with Gasteiger partial charge in [0.1, 0.15) is 0 Å². The van der Waals surface area contributed by atoms with Crippen LogP contribution in [-0.2, 0) is 11.2 Å². The van der Waals surface area contributed by atoms with Crippen LogP contribution in [0.3, 0.4) is 0 Å². The van der Waals surface area contributed by atoms with Gasteiger partial charge in [-0.3, -0.25) is 0 Å². The zero-order valence-corrected chi connectivity index (χ0v) is 13.7. The van der Waals surface area contributed by atoms with Crippen LogP contribution >= 0.6 is 35.2 Å². The van der Waals surface area contributed by atoms with Crippen LogP contribution in [0.25, 0.3) is 10.1 Å². The van der Waals surface area contributed by atoms with Crippen molar-refractivity contribution in [1.82, 2.24) is 4.90 Å². The largest absolute Gasteiger partial charge is 0.378 e. The smallest absolute Gasteiger partial charge is 0.0833 e. The molecule has 1 aliphatic rings. The third-order valence-electron chi connectivity index (χ3n) is 3.67. The van der Waals surface area contributed by atoms with Crippen molar-refractivity contribution in [2.75, 3.05) is 26.3 Å². The Bertz CT molecular complexity index is 647. The molecule has 1 aromatic heterocycles. The number of halogens is 1. The highest BCUT2D eigenvalue weighted by atomic mass is 35.5. The van der Waals surface area contributed by atoms with Crippen LogP contribution in [0, 0.1) is 6.92 Å². The lowest BCUT2D eigenvalue weighted by atomic mass is 10.1. The summed E-state index contributed by atoms with van der Waals surface area (Å²) >= 11 is 13.5. The van der Waals surface area contributed by atoms with E-state index in [1.54, 1.807) is 0 Å². The van der Waals surface area contributed by atoms with Crippen LogP contribution in [-0.4, -0.2) is 36.2 Å². The van der Waals surface area contributed by atoms with Gasteiger partial charge in [-0.2, -0.15) is 0 Å². The van der Waals surface area contributed by atoms with Crippen LogP contribution < -0.4 is 0 Å². The molecule has 1 aliphatic heterocycles. The highest BCUT2D eigenvalue weighted by Crippen LogP contribution is 2.33. The SMILES string of the molecule is Cc1c(CC(=S)N2CCOCC2)sc2ccc(Cl)cc12. The fraction of sp³-hybridized carbons (Fsp3) is 0.400. The van der Waals surface area contributed by atoms with Crippen LogP contribution in [0.2, 0.25) is 5.02 Å². The minimum atomic E-state index is 0.779. The van der Waals surface area contributed by atoms with Gasteiger partial charge in [0.15, 0.2) is 0 Å². The lowest BCUT2D eigenvalue weighted by Gasteiger charge is -2.29. The van der Waals surface area contributed by atoms with E-state index in [-0.39, 0.29) is 0 Å². The fourth-order valence-electron chi connectivity index (χ4n) is 2.47. The molecule has 0 saturated carbocycles. The molecule has 0 bridgehead atoms. The number of hydrogen-bond acceptors (Lipinski definition) is 3. The van der Waals surface area contributed by atoms with E-state index < -0.39 is 0 Å². The topological polar surface area (TPSA) is 12.5 Å². The van der Waals surface area contributed by atoms with E-state index in [1.165, 1.54) is 20.5 Å². The predicted octanol–water partition coefficient (Wildman–Crippen LogP) is 4.07. The minimum absolute atomic E-state index is 0.779. The van der Waals surface area contributed by atoms with Gasteiger partial charge >= 0.3 is 0 Å². The highest BCUT2D eigenvalue weighted by Gasteiger charge is 2.16. The van der Waals surface area contributed by atoms with Crippen molar-refractivity contribution in [3.05, 3.63) is 33.7 Å². The monoisotopic (exact) mass is 325 g/mol. The molecular formula is C15H16ClNOS2. The number of thiophene rings is 1. The van der Waals surface area contributed by atoms with Gasteiger partial charge in [0, 0.05) is 34.1 Å². The standard InChI is InChI=1S/C15H16ClNOS2/c1-10-12-8-11(16)2-3-13(12)20-14(10)9-15(19)17-4-6-18-7-5-17/h2-3,8H,4-7,9H2,1H3. The molecule has 1 aromatic carbocycles. The lowest BCUT2D eigenvalue weighted by molar-refractivity contribution is 0.0685. The van der Waals surface area contributed by atoms with Crippen molar-refractivity contribution in [2.24, 2.45) is 0 Å². The van der Waals surface area contributed by atoms with E-state index in [9.17, 15) is 0 Å². The molecule has 5 heteroatoms. The van der Waals surface area contributed by atoms with E-state index in [0.717, 1.165) is 42.7 Å². The summed E-state index contributed by atoms with van der Waals surface area (Å²) in [7, 11) is 0. The first-order valence-corrected chi connectivity index (χ1v) is 8.28. The van der Waals surface area contributed by atoms with Crippen molar-refractivity contribution >= 4 is 50.2 Å².